The minimum Gasteiger partial charge on any atom is -0.342 e. The molecule has 1 rings (SSSR count). The monoisotopic (exact) mass is 212 g/mol. The van der Waals surface area contributed by atoms with Crippen molar-refractivity contribution in [3.63, 3.8) is 0 Å². The van der Waals surface area contributed by atoms with Crippen LogP contribution in [0.15, 0.2) is 4.52 Å². The number of nitrogens with zero attached hydrogens (tertiary/aromatic N) is 3. The van der Waals surface area contributed by atoms with E-state index in [-0.39, 0.29) is 5.92 Å². The second-order valence-electron chi connectivity index (χ2n) is 3.67. The van der Waals surface area contributed by atoms with E-state index in [1.165, 1.54) is 0 Å². The van der Waals surface area contributed by atoms with Crippen molar-refractivity contribution in [3.8, 4) is 0 Å². The molecule has 0 aliphatic carbocycles. The van der Waals surface area contributed by atoms with Crippen molar-refractivity contribution in [2.45, 2.75) is 32.6 Å². The quantitative estimate of drug-likeness (QED) is 0.771. The maximum Gasteiger partial charge on any atom is 0.265 e. The first-order valence-electron chi connectivity index (χ1n) is 5.47. The average molecular weight is 212 g/mol. The Morgan fingerprint density at radius 3 is 2.73 bits per heavy atom. The van der Waals surface area contributed by atoms with Crippen LogP contribution in [0.4, 0.5) is 5.95 Å². The van der Waals surface area contributed by atoms with Gasteiger partial charge in [-0.15, -0.1) is 0 Å². The van der Waals surface area contributed by atoms with Crippen LogP contribution in [0, 0.1) is 0 Å². The highest BCUT2D eigenvalue weighted by molar-refractivity contribution is 5.25. The maximum absolute atomic E-state index is 5.67. The number of hydrogen-bond acceptors (Lipinski definition) is 5. The summed E-state index contributed by atoms with van der Waals surface area (Å²) in [7, 11) is 1.94. The fourth-order valence-electron chi connectivity index (χ4n) is 1.38. The normalized spacial score (nSPS) is 12.8. The lowest BCUT2D eigenvalue weighted by molar-refractivity contribution is 0.347. The predicted molar refractivity (Wildman–Crippen MR) is 59.9 cm³/mol. The van der Waals surface area contributed by atoms with Gasteiger partial charge in [0.25, 0.3) is 5.95 Å². The second-order valence-corrected chi connectivity index (χ2v) is 3.67. The highest BCUT2D eigenvalue weighted by atomic mass is 16.5. The first-order valence-corrected chi connectivity index (χ1v) is 5.47. The standard InChI is InChI=1S/C10H20N4O/c1-4-6-8(7-11)9-12-10(13-15-9)14(3)5-2/h8H,4-7,11H2,1-3H3. The zero-order valence-electron chi connectivity index (χ0n) is 9.73. The Bertz CT molecular complexity index is 287. The number of aromatic nitrogens is 2. The molecule has 0 aliphatic rings. The molecule has 0 saturated carbocycles. The summed E-state index contributed by atoms with van der Waals surface area (Å²) in [4.78, 5) is 6.28. The van der Waals surface area contributed by atoms with E-state index < -0.39 is 0 Å². The molecule has 0 bridgehead atoms. The Hall–Kier alpha value is -1.10. The van der Waals surface area contributed by atoms with E-state index in [1.807, 2.05) is 18.9 Å². The van der Waals surface area contributed by atoms with Crippen LogP contribution >= 0.6 is 0 Å². The molecule has 5 heteroatoms. The highest BCUT2D eigenvalue weighted by Gasteiger charge is 2.17. The molecule has 86 valence electrons. The SMILES string of the molecule is CCCC(CN)c1nc(N(C)CC)no1. The van der Waals surface area contributed by atoms with Gasteiger partial charge in [0.1, 0.15) is 0 Å². The van der Waals surface area contributed by atoms with Gasteiger partial charge in [-0.2, -0.15) is 4.98 Å². The topological polar surface area (TPSA) is 68.2 Å². The van der Waals surface area contributed by atoms with Crippen molar-refractivity contribution >= 4 is 5.95 Å². The molecule has 1 heterocycles. The zero-order chi connectivity index (χ0) is 11.3. The Labute approximate surface area is 90.6 Å². The third-order valence-corrected chi connectivity index (χ3v) is 2.52. The van der Waals surface area contributed by atoms with Crippen LogP contribution in [0.2, 0.25) is 0 Å². The van der Waals surface area contributed by atoms with Crippen LogP contribution in [0.25, 0.3) is 0 Å². The van der Waals surface area contributed by atoms with Crippen molar-refractivity contribution in [2.24, 2.45) is 5.73 Å². The Morgan fingerprint density at radius 1 is 1.47 bits per heavy atom. The van der Waals surface area contributed by atoms with Gasteiger partial charge in [0.15, 0.2) is 0 Å². The van der Waals surface area contributed by atoms with E-state index in [2.05, 4.69) is 17.1 Å². The van der Waals surface area contributed by atoms with Crippen LogP contribution in [0.5, 0.6) is 0 Å². The molecular formula is C10H20N4O. The molecule has 0 radical (unpaired) electrons. The third-order valence-electron chi connectivity index (χ3n) is 2.52. The molecular weight excluding hydrogens is 192 g/mol. The molecule has 0 saturated heterocycles. The van der Waals surface area contributed by atoms with Crippen molar-refractivity contribution in [2.75, 3.05) is 25.0 Å². The lowest BCUT2D eigenvalue weighted by Gasteiger charge is -2.09. The smallest absolute Gasteiger partial charge is 0.265 e. The Morgan fingerprint density at radius 2 is 2.20 bits per heavy atom. The zero-order valence-corrected chi connectivity index (χ0v) is 9.73. The number of rotatable bonds is 6. The van der Waals surface area contributed by atoms with Crippen LogP contribution < -0.4 is 10.6 Å². The first kappa shape index (κ1) is 12.0. The number of anilines is 1. The summed E-state index contributed by atoms with van der Waals surface area (Å²) >= 11 is 0. The van der Waals surface area contributed by atoms with Crippen LogP contribution in [0.3, 0.4) is 0 Å². The van der Waals surface area contributed by atoms with Crippen molar-refractivity contribution < 1.29 is 4.52 Å². The summed E-state index contributed by atoms with van der Waals surface area (Å²) in [5, 5.41) is 3.92. The molecule has 2 N–H and O–H groups in total. The van der Waals surface area contributed by atoms with E-state index >= 15 is 0 Å². The molecule has 5 nitrogen and oxygen atoms in total. The number of nitrogens with two attached hydrogens (primary N) is 1. The summed E-state index contributed by atoms with van der Waals surface area (Å²) in [5.74, 6) is 1.50. The summed E-state index contributed by atoms with van der Waals surface area (Å²) in [6, 6.07) is 0. The molecule has 1 unspecified atom stereocenters. The van der Waals surface area contributed by atoms with Gasteiger partial charge < -0.3 is 15.2 Å². The van der Waals surface area contributed by atoms with Crippen molar-refractivity contribution in [3.05, 3.63) is 5.89 Å². The number of hydrogen-bond donors (Lipinski definition) is 1. The summed E-state index contributed by atoms with van der Waals surface area (Å²) in [6.07, 6.45) is 2.07. The Balaban J connectivity index is 2.72. The average Bonchev–Trinajstić information content (AvgIpc) is 2.73. The van der Waals surface area contributed by atoms with Crippen LogP contribution in [0.1, 0.15) is 38.5 Å². The molecule has 15 heavy (non-hydrogen) atoms. The molecule has 0 amide bonds. The van der Waals surface area contributed by atoms with Gasteiger partial charge in [0, 0.05) is 20.1 Å². The molecule has 1 aromatic heterocycles. The molecule has 0 aliphatic heterocycles. The summed E-state index contributed by atoms with van der Waals surface area (Å²) in [6.45, 7) is 5.59. The molecule has 1 aromatic rings. The molecule has 0 spiro atoms. The van der Waals surface area contributed by atoms with Crippen LogP contribution in [-0.2, 0) is 0 Å². The van der Waals surface area contributed by atoms with Gasteiger partial charge >= 0.3 is 0 Å². The van der Waals surface area contributed by atoms with E-state index in [0.717, 1.165) is 19.4 Å². The van der Waals surface area contributed by atoms with Gasteiger partial charge in [0.2, 0.25) is 5.89 Å². The maximum atomic E-state index is 5.67. The molecule has 0 aromatic carbocycles. The fourth-order valence-corrected chi connectivity index (χ4v) is 1.38. The second kappa shape index (κ2) is 5.70. The lowest BCUT2D eigenvalue weighted by atomic mass is 10.0. The molecule has 1 atom stereocenters. The van der Waals surface area contributed by atoms with Gasteiger partial charge in [0.05, 0.1) is 5.92 Å². The first-order chi connectivity index (χ1) is 7.22. The summed E-state index contributed by atoms with van der Waals surface area (Å²) in [5.41, 5.74) is 5.67. The summed E-state index contributed by atoms with van der Waals surface area (Å²) < 4.78 is 5.21. The Kier molecular flexibility index (Phi) is 4.55. The van der Waals surface area contributed by atoms with E-state index in [9.17, 15) is 0 Å². The van der Waals surface area contributed by atoms with Crippen molar-refractivity contribution in [1.82, 2.24) is 10.1 Å². The predicted octanol–water partition coefficient (Wildman–Crippen LogP) is 1.37. The lowest BCUT2D eigenvalue weighted by Crippen LogP contribution is -2.17. The fraction of sp³-hybridized carbons (Fsp3) is 0.800. The minimum absolute atomic E-state index is 0.196. The van der Waals surface area contributed by atoms with Gasteiger partial charge in [-0.05, 0) is 18.5 Å². The van der Waals surface area contributed by atoms with E-state index in [4.69, 9.17) is 10.3 Å². The van der Waals surface area contributed by atoms with Gasteiger partial charge in [-0.25, -0.2) is 0 Å². The van der Waals surface area contributed by atoms with Gasteiger partial charge in [-0.3, -0.25) is 0 Å². The highest BCUT2D eigenvalue weighted by Crippen LogP contribution is 2.20. The largest absolute Gasteiger partial charge is 0.342 e. The minimum atomic E-state index is 0.196. The van der Waals surface area contributed by atoms with E-state index in [0.29, 0.717) is 18.4 Å². The van der Waals surface area contributed by atoms with E-state index in [1.54, 1.807) is 0 Å². The third kappa shape index (κ3) is 2.92. The van der Waals surface area contributed by atoms with Crippen LogP contribution in [-0.4, -0.2) is 30.3 Å². The van der Waals surface area contributed by atoms with Gasteiger partial charge in [-0.1, -0.05) is 13.3 Å². The molecule has 0 fully saturated rings. The van der Waals surface area contributed by atoms with Crippen molar-refractivity contribution in [1.29, 1.82) is 0 Å².